The van der Waals surface area contributed by atoms with Crippen molar-refractivity contribution in [1.29, 1.82) is 0 Å². The summed E-state index contributed by atoms with van der Waals surface area (Å²) in [7, 11) is 0. The van der Waals surface area contributed by atoms with Crippen molar-refractivity contribution in [1.82, 2.24) is 8.75 Å². The lowest BCUT2D eigenvalue weighted by atomic mass is 10.3. The monoisotopic (exact) mass is 235 g/mol. The van der Waals surface area contributed by atoms with Gasteiger partial charge in [0.15, 0.2) is 11.0 Å². The molecule has 0 bridgehead atoms. The van der Waals surface area contributed by atoms with Gasteiger partial charge in [-0.05, 0) is 0 Å². The number of morpholine rings is 1. The summed E-state index contributed by atoms with van der Waals surface area (Å²) < 4.78 is 13.3. The highest BCUT2D eigenvalue weighted by atomic mass is 35.5. The molecule has 0 aliphatic carbocycles. The highest BCUT2D eigenvalue weighted by Crippen LogP contribution is 2.24. The standard InChI is InChI=1S/C7H10ClN3O2S/c8-6-7(10-14-9-6)11-1-2-13-5(3-11)4-12/h5,12H,1-4H2. The first kappa shape index (κ1) is 10.1. The molecule has 1 atom stereocenters. The molecule has 0 spiro atoms. The molecule has 14 heavy (non-hydrogen) atoms. The van der Waals surface area contributed by atoms with E-state index in [0.717, 1.165) is 18.3 Å². The van der Waals surface area contributed by atoms with E-state index in [-0.39, 0.29) is 12.7 Å². The van der Waals surface area contributed by atoms with Crippen molar-refractivity contribution in [2.24, 2.45) is 0 Å². The van der Waals surface area contributed by atoms with Gasteiger partial charge in [-0.2, -0.15) is 8.75 Å². The van der Waals surface area contributed by atoms with Crippen molar-refractivity contribution in [3.63, 3.8) is 0 Å². The second kappa shape index (κ2) is 4.39. The normalized spacial score (nSPS) is 22.7. The third-order valence-electron chi connectivity index (χ3n) is 2.07. The van der Waals surface area contributed by atoms with Crippen LogP contribution in [0, 0.1) is 0 Å². The van der Waals surface area contributed by atoms with Gasteiger partial charge >= 0.3 is 0 Å². The Morgan fingerprint density at radius 3 is 3.14 bits per heavy atom. The zero-order chi connectivity index (χ0) is 9.97. The van der Waals surface area contributed by atoms with E-state index in [2.05, 4.69) is 8.75 Å². The summed E-state index contributed by atoms with van der Waals surface area (Å²) in [4.78, 5) is 1.98. The van der Waals surface area contributed by atoms with Crippen molar-refractivity contribution in [2.75, 3.05) is 31.2 Å². The molecule has 0 saturated carbocycles. The van der Waals surface area contributed by atoms with Crippen LogP contribution in [0.25, 0.3) is 0 Å². The van der Waals surface area contributed by atoms with Crippen LogP contribution in [0.4, 0.5) is 5.82 Å². The van der Waals surface area contributed by atoms with Crippen LogP contribution in [0.1, 0.15) is 0 Å². The van der Waals surface area contributed by atoms with Gasteiger partial charge in [0.1, 0.15) is 0 Å². The van der Waals surface area contributed by atoms with Gasteiger partial charge in [0.05, 0.1) is 31.0 Å². The summed E-state index contributed by atoms with van der Waals surface area (Å²) in [5.74, 6) is 0.693. The highest BCUT2D eigenvalue weighted by Gasteiger charge is 2.23. The van der Waals surface area contributed by atoms with E-state index >= 15 is 0 Å². The largest absolute Gasteiger partial charge is 0.394 e. The van der Waals surface area contributed by atoms with E-state index in [4.69, 9.17) is 21.4 Å². The molecule has 1 aliphatic heterocycles. The third kappa shape index (κ3) is 1.98. The number of nitrogens with zero attached hydrogens (tertiary/aromatic N) is 3. The SMILES string of the molecule is OCC1CN(c2nsnc2Cl)CCO1. The van der Waals surface area contributed by atoms with Gasteiger partial charge in [-0.25, -0.2) is 0 Å². The predicted molar refractivity (Wildman–Crippen MR) is 54.0 cm³/mol. The molecule has 1 aromatic heterocycles. The van der Waals surface area contributed by atoms with E-state index in [1.807, 2.05) is 4.90 Å². The van der Waals surface area contributed by atoms with Crippen molar-refractivity contribution >= 4 is 29.1 Å². The highest BCUT2D eigenvalue weighted by molar-refractivity contribution is 6.99. The van der Waals surface area contributed by atoms with Crippen LogP contribution in [0.15, 0.2) is 0 Å². The Morgan fingerprint density at radius 2 is 2.50 bits per heavy atom. The molecule has 1 N–H and O–H groups in total. The number of anilines is 1. The van der Waals surface area contributed by atoms with Gasteiger partial charge in [-0.1, -0.05) is 11.6 Å². The van der Waals surface area contributed by atoms with E-state index < -0.39 is 0 Å². The molecule has 78 valence electrons. The van der Waals surface area contributed by atoms with Crippen LogP contribution >= 0.6 is 23.3 Å². The van der Waals surface area contributed by atoms with Gasteiger partial charge in [0, 0.05) is 13.1 Å². The maximum atomic E-state index is 8.96. The zero-order valence-electron chi connectivity index (χ0n) is 7.39. The number of hydrogen-bond donors (Lipinski definition) is 1. The Hall–Kier alpha value is -0.430. The Labute approximate surface area is 90.6 Å². The molecule has 1 aromatic rings. The molecule has 0 aromatic carbocycles. The average molecular weight is 236 g/mol. The summed E-state index contributed by atoms with van der Waals surface area (Å²) in [5.41, 5.74) is 0. The summed E-state index contributed by atoms with van der Waals surface area (Å²) in [6.45, 7) is 1.95. The molecule has 2 rings (SSSR count). The Bertz CT molecular complexity index is 309. The smallest absolute Gasteiger partial charge is 0.187 e. The molecule has 7 heteroatoms. The van der Waals surface area contributed by atoms with Gasteiger partial charge in [-0.3, -0.25) is 0 Å². The van der Waals surface area contributed by atoms with Crippen LogP contribution in [0.3, 0.4) is 0 Å². The number of aliphatic hydroxyl groups excluding tert-OH is 1. The second-order valence-electron chi connectivity index (χ2n) is 3.00. The van der Waals surface area contributed by atoms with Gasteiger partial charge in [0.2, 0.25) is 0 Å². The van der Waals surface area contributed by atoms with Crippen LogP contribution in [0.2, 0.25) is 5.15 Å². The maximum absolute atomic E-state index is 8.96. The first-order valence-corrected chi connectivity index (χ1v) is 5.37. The van der Waals surface area contributed by atoms with Crippen molar-refractivity contribution < 1.29 is 9.84 Å². The minimum Gasteiger partial charge on any atom is -0.394 e. The number of rotatable bonds is 2. The second-order valence-corrected chi connectivity index (χ2v) is 3.89. The Morgan fingerprint density at radius 1 is 1.64 bits per heavy atom. The molecule has 1 aliphatic rings. The van der Waals surface area contributed by atoms with E-state index in [1.165, 1.54) is 0 Å². The van der Waals surface area contributed by atoms with Crippen LogP contribution in [-0.2, 0) is 4.74 Å². The van der Waals surface area contributed by atoms with Crippen molar-refractivity contribution in [2.45, 2.75) is 6.10 Å². The average Bonchev–Trinajstić information content (AvgIpc) is 2.65. The molecule has 0 amide bonds. The van der Waals surface area contributed by atoms with Gasteiger partial charge in [0.25, 0.3) is 0 Å². The topological polar surface area (TPSA) is 58.5 Å². The van der Waals surface area contributed by atoms with Crippen LogP contribution in [-0.4, -0.2) is 46.3 Å². The first-order chi connectivity index (χ1) is 6.81. The lowest BCUT2D eigenvalue weighted by Gasteiger charge is -2.31. The van der Waals surface area contributed by atoms with E-state index in [1.54, 1.807) is 0 Å². The number of aliphatic hydroxyl groups is 1. The van der Waals surface area contributed by atoms with Gasteiger partial charge < -0.3 is 14.7 Å². The molecule has 0 radical (unpaired) electrons. The molecule has 5 nitrogen and oxygen atoms in total. The minimum atomic E-state index is -0.151. The summed E-state index contributed by atoms with van der Waals surface area (Å²) in [5, 5.41) is 9.38. The number of halogens is 1. The minimum absolute atomic E-state index is 0.0195. The zero-order valence-corrected chi connectivity index (χ0v) is 8.96. The fourth-order valence-electron chi connectivity index (χ4n) is 1.38. The summed E-state index contributed by atoms with van der Waals surface area (Å²) >= 11 is 6.95. The first-order valence-electron chi connectivity index (χ1n) is 4.26. The van der Waals surface area contributed by atoms with Gasteiger partial charge in [-0.15, -0.1) is 0 Å². The Balaban J connectivity index is 2.08. The summed E-state index contributed by atoms with van der Waals surface area (Å²) in [6, 6.07) is 0. The summed E-state index contributed by atoms with van der Waals surface area (Å²) in [6.07, 6.45) is -0.151. The lowest BCUT2D eigenvalue weighted by molar-refractivity contribution is 0.00340. The number of aromatic nitrogens is 2. The molecule has 1 saturated heterocycles. The quantitative estimate of drug-likeness (QED) is 0.804. The van der Waals surface area contributed by atoms with Crippen LogP contribution in [0.5, 0.6) is 0 Å². The molecular formula is C7H10ClN3O2S. The van der Waals surface area contributed by atoms with E-state index in [9.17, 15) is 0 Å². The fourth-order valence-corrected chi connectivity index (χ4v) is 2.16. The van der Waals surface area contributed by atoms with Crippen molar-refractivity contribution in [3.8, 4) is 0 Å². The molecule has 1 fully saturated rings. The molecule has 2 heterocycles. The van der Waals surface area contributed by atoms with Crippen molar-refractivity contribution in [3.05, 3.63) is 5.15 Å². The Kier molecular flexibility index (Phi) is 3.17. The fraction of sp³-hybridized carbons (Fsp3) is 0.714. The predicted octanol–water partition coefficient (Wildman–Crippen LogP) is 0.389. The maximum Gasteiger partial charge on any atom is 0.187 e. The number of hydrogen-bond acceptors (Lipinski definition) is 6. The molecule has 1 unspecified atom stereocenters. The third-order valence-corrected chi connectivity index (χ3v) is 2.95. The molecular weight excluding hydrogens is 226 g/mol. The number of ether oxygens (including phenoxy) is 1. The van der Waals surface area contributed by atoms with E-state index in [0.29, 0.717) is 24.1 Å². The van der Waals surface area contributed by atoms with Crippen LogP contribution < -0.4 is 4.90 Å². The lowest BCUT2D eigenvalue weighted by Crippen LogP contribution is -2.44.